The van der Waals surface area contributed by atoms with E-state index in [4.69, 9.17) is 11.6 Å². The summed E-state index contributed by atoms with van der Waals surface area (Å²) in [4.78, 5) is 26.1. The summed E-state index contributed by atoms with van der Waals surface area (Å²) in [6.07, 6.45) is 5.28. The Morgan fingerprint density at radius 2 is 1.94 bits per heavy atom. The number of aromatic carboxylic acids is 1. The highest BCUT2D eigenvalue weighted by Gasteiger charge is 2.27. The van der Waals surface area contributed by atoms with Crippen molar-refractivity contribution in [2.75, 3.05) is 5.32 Å². The average molecular weight is 494 g/mol. The molecule has 6 nitrogen and oxygen atoms in total. The molecule has 0 radical (unpaired) electrons. The number of carbonyl (C=O) groups is 2. The van der Waals surface area contributed by atoms with Crippen LogP contribution in [-0.4, -0.2) is 21.6 Å². The zero-order valence-electron chi connectivity index (χ0n) is 19.2. The molecule has 0 saturated carbocycles. The van der Waals surface area contributed by atoms with E-state index >= 15 is 0 Å². The van der Waals surface area contributed by atoms with Gasteiger partial charge in [-0.3, -0.25) is 4.79 Å². The minimum Gasteiger partial charge on any atom is -0.478 e. The van der Waals surface area contributed by atoms with Crippen LogP contribution < -0.4 is 5.32 Å². The van der Waals surface area contributed by atoms with Crippen molar-refractivity contribution in [1.82, 2.24) is 4.57 Å². The summed E-state index contributed by atoms with van der Waals surface area (Å²) >= 11 is 7.57. The molecule has 3 aromatic rings. The monoisotopic (exact) mass is 493 g/mol. The number of nitrogens with one attached hydrogen (secondary N) is 1. The first-order valence-corrected chi connectivity index (χ1v) is 12.2. The number of hydrogen-bond acceptors (Lipinski definition) is 4. The number of carboxylic acid groups (broad SMARTS) is 1. The normalized spacial score (nSPS) is 13.3. The van der Waals surface area contributed by atoms with Gasteiger partial charge in [-0.25, -0.2) is 4.79 Å². The van der Waals surface area contributed by atoms with Crippen LogP contribution in [0.3, 0.4) is 0 Å². The van der Waals surface area contributed by atoms with Crippen LogP contribution in [0, 0.1) is 32.1 Å². The number of carbonyl (C=O) groups excluding carboxylic acids is 1. The number of halogens is 1. The molecule has 2 heterocycles. The maximum absolute atomic E-state index is 12.8. The van der Waals surface area contributed by atoms with Gasteiger partial charge in [0.2, 0.25) is 0 Å². The van der Waals surface area contributed by atoms with Gasteiger partial charge in [0.25, 0.3) is 5.91 Å². The Balaban J connectivity index is 1.73. The number of rotatable bonds is 5. The fourth-order valence-corrected chi connectivity index (χ4v) is 6.06. The number of anilines is 1. The number of nitriles is 1. The summed E-state index contributed by atoms with van der Waals surface area (Å²) in [6, 6.07) is 9.02. The van der Waals surface area contributed by atoms with Crippen LogP contribution in [0.1, 0.15) is 56.2 Å². The fraction of sp³-hybridized carbons (Fsp3) is 0.269. The van der Waals surface area contributed by atoms with Gasteiger partial charge >= 0.3 is 5.97 Å². The van der Waals surface area contributed by atoms with Gasteiger partial charge in [-0.1, -0.05) is 17.7 Å². The van der Waals surface area contributed by atoms with Crippen LogP contribution in [0.25, 0.3) is 11.1 Å². The van der Waals surface area contributed by atoms with E-state index < -0.39 is 11.9 Å². The van der Waals surface area contributed by atoms with Gasteiger partial charge in [0.05, 0.1) is 5.56 Å². The quantitative estimate of drug-likeness (QED) is 0.325. The van der Waals surface area contributed by atoms with E-state index in [0.717, 1.165) is 53.1 Å². The number of aryl methyl sites for hydroxylation is 3. The van der Waals surface area contributed by atoms with Crippen molar-refractivity contribution in [3.05, 3.63) is 73.4 Å². The molecule has 2 N–H and O–H groups in total. The van der Waals surface area contributed by atoms with E-state index in [2.05, 4.69) is 5.32 Å². The van der Waals surface area contributed by atoms with Crippen molar-refractivity contribution in [2.24, 2.45) is 0 Å². The van der Waals surface area contributed by atoms with Crippen molar-refractivity contribution in [1.29, 1.82) is 5.26 Å². The molecule has 4 rings (SSSR count). The van der Waals surface area contributed by atoms with Gasteiger partial charge in [0.15, 0.2) is 0 Å². The van der Waals surface area contributed by atoms with Gasteiger partial charge in [-0.2, -0.15) is 5.26 Å². The molecule has 1 aliphatic rings. The molecular weight excluding hydrogens is 470 g/mol. The van der Waals surface area contributed by atoms with Crippen molar-refractivity contribution < 1.29 is 14.7 Å². The van der Waals surface area contributed by atoms with Crippen molar-refractivity contribution in [3.63, 3.8) is 0 Å². The van der Waals surface area contributed by atoms with Gasteiger partial charge in [0, 0.05) is 27.0 Å². The lowest BCUT2D eigenvalue weighted by Gasteiger charge is -2.11. The molecule has 1 aliphatic carbocycles. The molecular formula is C26H24ClN3O3S. The molecule has 0 bridgehead atoms. The molecule has 0 fully saturated rings. The molecule has 174 valence electrons. The number of aromatic nitrogens is 1. The van der Waals surface area contributed by atoms with Crippen LogP contribution in [0.4, 0.5) is 5.69 Å². The fourth-order valence-electron chi connectivity index (χ4n) is 4.40. The summed E-state index contributed by atoms with van der Waals surface area (Å²) in [6.45, 7) is 5.61. The topological polar surface area (TPSA) is 95.1 Å². The average Bonchev–Trinajstić information content (AvgIpc) is 3.30. The predicted octanol–water partition coefficient (Wildman–Crippen LogP) is 6.24. The Morgan fingerprint density at radius 1 is 1.21 bits per heavy atom. The minimum atomic E-state index is -0.923. The van der Waals surface area contributed by atoms with Crippen molar-refractivity contribution in [2.45, 2.75) is 46.5 Å². The summed E-state index contributed by atoms with van der Waals surface area (Å²) in [7, 11) is 0. The van der Waals surface area contributed by atoms with Crippen LogP contribution in [-0.2, 0) is 17.6 Å². The van der Waals surface area contributed by atoms with Crippen molar-refractivity contribution in [3.8, 4) is 11.1 Å². The highest BCUT2D eigenvalue weighted by molar-refractivity contribution is 7.15. The number of benzene rings is 1. The molecule has 0 aliphatic heterocycles. The van der Waals surface area contributed by atoms with Gasteiger partial charge in [-0.05, 0) is 87.4 Å². The van der Waals surface area contributed by atoms with Gasteiger partial charge in [0.1, 0.15) is 16.6 Å². The molecule has 0 saturated heterocycles. The molecule has 1 amide bonds. The number of carboxylic acids is 1. The highest BCUT2D eigenvalue weighted by Crippen LogP contribution is 2.39. The van der Waals surface area contributed by atoms with E-state index in [0.29, 0.717) is 26.8 Å². The third-order valence-electron chi connectivity index (χ3n) is 6.15. The lowest BCUT2D eigenvalue weighted by atomic mass is 9.95. The SMILES string of the molecule is Cc1ccc(Cl)cc1NC(=O)C(C#N)=Cc1cc(C)n(-c2sc3c(c2C(=O)O)CCCC3)c1C. The molecule has 0 atom stereocenters. The Kier molecular flexibility index (Phi) is 6.65. The lowest BCUT2D eigenvalue weighted by Crippen LogP contribution is -2.14. The summed E-state index contributed by atoms with van der Waals surface area (Å²) in [5.74, 6) is -1.46. The van der Waals surface area contributed by atoms with E-state index in [1.165, 1.54) is 11.3 Å². The Morgan fingerprint density at radius 3 is 2.65 bits per heavy atom. The number of amides is 1. The molecule has 8 heteroatoms. The third-order valence-corrected chi connectivity index (χ3v) is 7.66. The molecule has 1 aromatic carbocycles. The van der Waals surface area contributed by atoms with Crippen LogP contribution >= 0.6 is 22.9 Å². The largest absolute Gasteiger partial charge is 0.478 e. The molecule has 34 heavy (non-hydrogen) atoms. The smallest absolute Gasteiger partial charge is 0.339 e. The van der Waals surface area contributed by atoms with E-state index in [-0.39, 0.29) is 5.57 Å². The first-order valence-electron chi connectivity index (χ1n) is 11.0. The zero-order chi connectivity index (χ0) is 24.6. The first-order chi connectivity index (χ1) is 16.2. The lowest BCUT2D eigenvalue weighted by molar-refractivity contribution is -0.112. The number of nitrogens with zero attached hydrogens (tertiary/aromatic N) is 2. The Hall–Kier alpha value is -3.34. The Labute approximate surface area is 207 Å². The summed E-state index contributed by atoms with van der Waals surface area (Å²) in [5.41, 5.74) is 4.93. The first kappa shape index (κ1) is 23.8. The number of hydrogen-bond donors (Lipinski definition) is 2. The second kappa shape index (κ2) is 9.49. The zero-order valence-corrected chi connectivity index (χ0v) is 20.7. The van der Waals surface area contributed by atoms with E-state index in [1.54, 1.807) is 24.3 Å². The van der Waals surface area contributed by atoms with Gasteiger partial charge < -0.3 is 15.0 Å². The molecule has 0 unspecified atom stereocenters. The van der Waals surface area contributed by atoms with E-state index in [9.17, 15) is 20.0 Å². The maximum Gasteiger partial charge on any atom is 0.339 e. The third kappa shape index (κ3) is 4.39. The van der Waals surface area contributed by atoms with Crippen LogP contribution in [0.15, 0.2) is 29.8 Å². The predicted molar refractivity (Wildman–Crippen MR) is 135 cm³/mol. The maximum atomic E-state index is 12.8. The summed E-state index contributed by atoms with van der Waals surface area (Å²) in [5, 5.41) is 23.6. The van der Waals surface area contributed by atoms with Crippen molar-refractivity contribution >= 4 is 46.6 Å². The standard InChI is InChI=1S/C26H24ClN3O3S/c1-14-8-9-19(27)12-21(14)29-24(31)18(13-28)11-17-10-15(2)30(16(17)3)25-23(26(32)33)20-6-4-5-7-22(20)34-25/h8-12H,4-7H2,1-3H3,(H,29,31)(H,32,33). The van der Waals surface area contributed by atoms with E-state index in [1.807, 2.05) is 37.5 Å². The van der Waals surface area contributed by atoms with Crippen LogP contribution in [0.5, 0.6) is 0 Å². The Bertz CT molecular complexity index is 1390. The minimum absolute atomic E-state index is 0.0523. The number of thiophene rings is 1. The van der Waals surface area contributed by atoms with Gasteiger partial charge in [-0.15, -0.1) is 11.3 Å². The summed E-state index contributed by atoms with van der Waals surface area (Å²) < 4.78 is 1.92. The highest BCUT2D eigenvalue weighted by atomic mass is 35.5. The number of fused-ring (bicyclic) bond motifs is 1. The molecule has 2 aromatic heterocycles. The molecule has 0 spiro atoms. The second-order valence-electron chi connectivity index (χ2n) is 8.44. The van der Waals surface area contributed by atoms with Crippen LogP contribution in [0.2, 0.25) is 5.02 Å². The second-order valence-corrected chi connectivity index (χ2v) is 9.96.